The topological polar surface area (TPSA) is 12.0 Å². The molecule has 1 aromatic carbocycles. The minimum atomic E-state index is 0.361. The van der Waals surface area contributed by atoms with Crippen LogP contribution in [0.25, 0.3) is 0 Å². The zero-order chi connectivity index (χ0) is 14.3. The molecule has 0 aliphatic rings. The number of hydrogen-bond acceptors (Lipinski definition) is 2. The maximum absolute atomic E-state index is 5.95. The number of halogens is 1. The van der Waals surface area contributed by atoms with Crippen molar-refractivity contribution in [3.63, 3.8) is 0 Å². The Morgan fingerprint density at radius 1 is 1.16 bits per heavy atom. The van der Waals surface area contributed by atoms with Gasteiger partial charge in [-0.2, -0.15) is 11.8 Å². The Morgan fingerprint density at radius 2 is 1.74 bits per heavy atom. The highest BCUT2D eigenvalue weighted by molar-refractivity contribution is 8.00. The molecule has 0 heterocycles. The number of nitrogens with one attached hydrogen (secondary N) is 1. The predicted molar refractivity (Wildman–Crippen MR) is 89.3 cm³/mol. The SMILES string of the molecule is CCC(NCC(CC)(CC)SC)c1ccc(Cl)cc1. The molecular weight excluding hydrogens is 274 g/mol. The lowest BCUT2D eigenvalue weighted by molar-refractivity contribution is 0.438. The van der Waals surface area contributed by atoms with Gasteiger partial charge in [0, 0.05) is 22.4 Å². The largest absolute Gasteiger partial charge is 0.309 e. The molecule has 1 unspecified atom stereocenters. The van der Waals surface area contributed by atoms with Gasteiger partial charge in [-0.15, -0.1) is 0 Å². The fraction of sp³-hybridized carbons (Fsp3) is 0.625. The molecule has 0 amide bonds. The van der Waals surface area contributed by atoms with Gasteiger partial charge in [-0.3, -0.25) is 0 Å². The number of hydrogen-bond donors (Lipinski definition) is 1. The van der Waals surface area contributed by atoms with Crippen LogP contribution >= 0.6 is 23.4 Å². The molecule has 1 N–H and O–H groups in total. The average molecular weight is 300 g/mol. The molecule has 3 heteroatoms. The minimum absolute atomic E-state index is 0.361. The lowest BCUT2D eigenvalue weighted by Gasteiger charge is -2.32. The molecule has 1 aromatic rings. The highest BCUT2D eigenvalue weighted by Crippen LogP contribution is 2.31. The summed E-state index contributed by atoms with van der Waals surface area (Å²) in [5, 5.41) is 4.54. The Bertz CT molecular complexity index is 351. The standard InChI is InChI=1S/C16H26ClNS/c1-5-15(13-8-10-14(17)11-9-13)18-12-16(6-2,7-3)19-4/h8-11,15,18H,5-7,12H2,1-4H3. The van der Waals surface area contributed by atoms with Crippen LogP contribution in [0, 0.1) is 0 Å². The van der Waals surface area contributed by atoms with Gasteiger partial charge in [0.25, 0.3) is 0 Å². The maximum Gasteiger partial charge on any atom is 0.0406 e. The molecule has 1 nitrogen and oxygen atoms in total. The van der Waals surface area contributed by atoms with E-state index in [1.54, 1.807) is 0 Å². The van der Waals surface area contributed by atoms with Gasteiger partial charge in [0.1, 0.15) is 0 Å². The molecule has 0 saturated heterocycles. The van der Waals surface area contributed by atoms with Gasteiger partial charge in [-0.05, 0) is 43.2 Å². The van der Waals surface area contributed by atoms with E-state index in [2.05, 4.69) is 44.5 Å². The molecule has 0 fully saturated rings. The van der Waals surface area contributed by atoms with E-state index in [9.17, 15) is 0 Å². The molecule has 0 bridgehead atoms. The second-order valence-corrected chi connectivity index (χ2v) is 6.70. The third-order valence-corrected chi connectivity index (χ3v) is 5.91. The first kappa shape index (κ1) is 16.9. The predicted octanol–water partition coefficient (Wildman–Crippen LogP) is 5.30. The van der Waals surface area contributed by atoms with Crippen molar-refractivity contribution in [2.45, 2.75) is 50.8 Å². The van der Waals surface area contributed by atoms with Crippen molar-refractivity contribution in [2.75, 3.05) is 12.8 Å². The van der Waals surface area contributed by atoms with Crippen molar-refractivity contribution >= 4 is 23.4 Å². The van der Waals surface area contributed by atoms with Crippen molar-refractivity contribution in [1.82, 2.24) is 5.32 Å². The Labute approximate surface area is 127 Å². The monoisotopic (exact) mass is 299 g/mol. The highest BCUT2D eigenvalue weighted by Gasteiger charge is 2.25. The van der Waals surface area contributed by atoms with Crippen LogP contribution in [0.4, 0.5) is 0 Å². The Kier molecular flexibility index (Phi) is 7.27. The molecule has 19 heavy (non-hydrogen) atoms. The normalized spacial score (nSPS) is 13.5. The third kappa shape index (κ3) is 4.70. The van der Waals surface area contributed by atoms with E-state index < -0.39 is 0 Å². The molecule has 0 saturated carbocycles. The molecule has 0 aliphatic carbocycles. The van der Waals surface area contributed by atoms with Gasteiger partial charge in [0.2, 0.25) is 0 Å². The first-order valence-electron chi connectivity index (χ1n) is 7.14. The molecule has 108 valence electrons. The Balaban J connectivity index is 2.69. The van der Waals surface area contributed by atoms with Crippen LogP contribution in [0.15, 0.2) is 24.3 Å². The lowest BCUT2D eigenvalue weighted by Crippen LogP contribution is -2.38. The van der Waals surface area contributed by atoms with Gasteiger partial charge < -0.3 is 5.32 Å². The van der Waals surface area contributed by atoms with E-state index in [0.29, 0.717) is 10.8 Å². The third-order valence-electron chi connectivity index (χ3n) is 4.07. The molecule has 0 spiro atoms. The molecule has 1 rings (SSSR count). The fourth-order valence-electron chi connectivity index (χ4n) is 2.36. The first-order chi connectivity index (χ1) is 9.10. The summed E-state index contributed by atoms with van der Waals surface area (Å²) in [6.45, 7) is 7.85. The number of rotatable bonds is 8. The van der Waals surface area contributed by atoms with Crippen LogP contribution in [0.2, 0.25) is 5.02 Å². The molecule has 1 atom stereocenters. The van der Waals surface area contributed by atoms with Crippen LogP contribution in [0.5, 0.6) is 0 Å². The molecule has 0 aromatic heterocycles. The van der Waals surface area contributed by atoms with E-state index in [1.807, 2.05) is 23.9 Å². The van der Waals surface area contributed by atoms with Crippen molar-refractivity contribution in [3.8, 4) is 0 Å². The summed E-state index contributed by atoms with van der Waals surface area (Å²) >= 11 is 7.94. The smallest absolute Gasteiger partial charge is 0.0406 e. The van der Waals surface area contributed by atoms with E-state index >= 15 is 0 Å². The summed E-state index contributed by atoms with van der Waals surface area (Å²) in [4.78, 5) is 0. The van der Waals surface area contributed by atoms with Crippen LogP contribution in [0.3, 0.4) is 0 Å². The van der Waals surface area contributed by atoms with E-state index in [-0.39, 0.29) is 0 Å². The summed E-state index contributed by atoms with van der Waals surface area (Å²) in [7, 11) is 0. The van der Waals surface area contributed by atoms with Crippen LogP contribution in [-0.4, -0.2) is 17.5 Å². The number of benzene rings is 1. The van der Waals surface area contributed by atoms with Gasteiger partial charge in [-0.25, -0.2) is 0 Å². The van der Waals surface area contributed by atoms with Crippen molar-refractivity contribution in [1.29, 1.82) is 0 Å². The van der Waals surface area contributed by atoms with E-state index in [0.717, 1.165) is 18.0 Å². The minimum Gasteiger partial charge on any atom is -0.309 e. The Hall–Kier alpha value is -0.180. The first-order valence-corrected chi connectivity index (χ1v) is 8.75. The van der Waals surface area contributed by atoms with Gasteiger partial charge in [0.05, 0.1) is 0 Å². The van der Waals surface area contributed by atoms with E-state index in [1.165, 1.54) is 18.4 Å². The molecular formula is C16H26ClNS. The van der Waals surface area contributed by atoms with Crippen molar-refractivity contribution in [3.05, 3.63) is 34.9 Å². The van der Waals surface area contributed by atoms with Crippen LogP contribution < -0.4 is 5.32 Å². The van der Waals surface area contributed by atoms with Crippen LogP contribution in [0.1, 0.15) is 51.6 Å². The molecule has 0 aliphatic heterocycles. The summed E-state index contributed by atoms with van der Waals surface area (Å²) in [6.07, 6.45) is 5.72. The second kappa shape index (κ2) is 8.18. The summed E-state index contributed by atoms with van der Waals surface area (Å²) in [5.74, 6) is 0. The summed E-state index contributed by atoms with van der Waals surface area (Å²) < 4.78 is 0.361. The van der Waals surface area contributed by atoms with Crippen molar-refractivity contribution in [2.24, 2.45) is 0 Å². The quantitative estimate of drug-likeness (QED) is 0.699. The van der Waals surface area contributed by atoms with Gasteiger partial charge in [0.15, 0.2) is 0 Å². The zero-order valence-corrected chi connectivity index (χ0v) is 14.1. The lowest BCUT2D eigenvalue weighted by atomic mass is 9.99. The zero-order valence-electron chi connectivity index (χ0n) is 12.5. The fourth-order valence-corrected chi connectivity index (χ4v) is 3.29. The Morgan fingerprint density at radius 3 is 2.16 bits per heavy atom. The summed E-state index contributed by atoms with van der Waals surface area (Å²) in [5.41, 5.74) is 1.33. The van der Waals surface area contributed by atoms with Crippen molar-refractivity contribution < 1.29 is 0 Å². The van der Waals surface area contributed by atoms with Gasteiger partial charge in [-0.1, -0.05) is 44.5 Å². The van der Waals surface area contributed by atoms with Crippen LogP contribution in [-0.2, 0) is 0 Å². The second-order valence-electron chi connectivity index (χ2n) is 4.99. The van der Waals surface area contributed by atoms with E-state index in [4.69, 9.17) is 11.6 Å². The summed E-state index contributed by atoms with van der Waals surface area (Å²) in [6, 6.07) is 8.62. The highest BCUT2D eigenvalue weighted by atomic mass is 35.5. The number of thioether (sulfide) groups is 1. The molecule has 0 radical (unpaired) electrons. The van der Waals surface area contributed by atoms with Gasteiger partial charge >= 0.3 is 0 Å². The average Bonchev–Trinajstić information content (AvgIpc) is 2.46. The maximum atomic E-state index is 5.95.